The Morgan fingerprint density at radius 3 is 2.89 bits per heavy atom. The van der Waals surface area contributed by atoms with E-state index in [1.165, 1.54) is 6.42 Å². The molecular formula is C14H17BrFN3. The molecule has 0 saturated carbocycles. The van der Waals surface area contributed by atoms with Gasteiger partial charge in [0.05, 0.1) is 15.7 Å². The molecule has 0 aliphatic carbocycles. The summed E-state index contributed by atoms with van der Waals surface area (Å²) >= 11 is 3.15. The fraction of sp³-hybridized carbons (Fsp3) is 0.500. The number of halogens is 2. The summed E-state index contributed by atoms with van der Waals surface area (Å²) in [7, 11) is 4.00. The highest BCUT2D eigenvalue weighted by Gasteiger charge is 2.23. The molecule has 0 aromatic heterocycles. The van der Waals surface area contributed by atoms with Crippen LogP contribution in [0.15, 0.2) is 16.6 Å². The molecule has 1 aromatic carbocycles. The van der Waals surface area contributed by atoms with Gasteiger partial charge in [0, 0.05) is 19.6 Å². The molecule has 1 fully saturated rings. The van der Waals surface area contributed by atoms with Crippen molar-refractivity contribution in [3.05, 3.63) is 28.0 Å². The molecule has 1 saturated heterocycles. The van der Waals surface area contributed by atoms with Gasteiger partial charge in [-0.25, -0.2) is 4.39 Å². The molecular weight excluding hydrogens is 309 g/mol. The van der Waals surface area contributed by atoms with Gasteiger partial charge in [-0.05, 0) is 54.5 Å². The molecule has 102 valence electrons. The molecule has 1 atom stereocenters. The topological polar surface area (TPSA) is 30.3 Å². The van der Waals surface area contributed by atoms with E-state index in [-0.39, 0.29) is 10.3 Å². The summed E-state index contributed by atoms with van der Waals surface area (Å²) in [5, 5.41) is 8.87. The lowest BCUT2D eigenvalue weighted by Crippen LogP contribution is -2.37. The monoisotopic (exact) mass is 325 g/mol. The first-order valence-electron chi connectivity index (χ1n) is 6.34. The van der Waals surface area contributed by atoms with Gasteiger partial charge in [0.25, 0.3) is 0 Å². The lowest BCUT2D eigenvalue weighted by molar-refractivity contribution is 0.314. The Morgan fingerprint density at radius 1 is 1.58 bits per heavy atom. The highest BCUT2D eigenvalue weighted by molar-refractivity contribution is 9.10. The van der Waals surface area contributed by atoms with Gasteiger partial charge in [-0.3, -0.25) is 0 Å². The van der Waals surface area contributed by atoms with Crippen molar-refractivity contribution in [2.45, 2.75) is 18.9 Å². The highest BCUT2D eigenvalue weighted by atomic mass is 79.9. The summed E-state index contributed by atoms with van der Waals surface area (Å²) in [6, 6.07) is 5.76. The maximum atomic E-state index is 14.2. The van der Waals surface area contributed by atoms with Crippen molar-refractivity contribution in [1.82, 2.24) is 4.90 Å². The lowest BCUT2D eigenvalue weighted by atomic mass is 10.1. The van der Waals surface area contributed by atoms with E-state index in [2.05, 4.69) is 27.9 Å². The number of nitriles is 1. The minimum Gasteiger partial charge on any atom is -0.371 e. The van der Waals surface area contributed by atoms with Crippen LogP contribution in [0.5, 0.6) is 0 Å². The van der Waals surface area contributed by atoms with Gasteiger partial charge in [0.15, 0.2) is 5.82 Å². The van der Waals surface area contributed by atoms with E-state index in [1.54, 1.807) is 12.1 Å². The number of benzene rings is 1. The number of hydrogen-bond acceptors (Lipinski definition) is 3. The quantitative estimate of drug-likeness (QED) is 0.855. The van der Waals surface area contributed by atoms with E-state index in [4.69, 9.17) is 5.26 Å². The summed E-state index contributed by atoms with van der Waals surface area (Å²) < 4.78 is 14.5. The second-order valence-electron chi connectivity index (χ2n) is 5.03. The Bertz CT molecular complexity index is 512. The zero-order valence-corrected chi connectivity index (χ0v) is 12.7. The van der Waals surface area contributed by atoms with Crippen LogP contribution in [0.25, 0.3) is 0 Å². The van der Waals surface area contributed by atoms with Crippen molar-refractivity contribution < 1.29 is 4.39 Å². The van der Waals surface area contributed by atoms with Crippen molar-refractivity contribution >= 4 is 21.6 Å². The summed E-state index contributed by atoms with van der Waals surface area (Å²) in [6.07, 6.45) is 2.36. The fourth-order valence-corrected chi connectivity index (χ4v) is 2.97. The van der Waals surface area contributed by atoms with Gasteiger partial charge < -0.3 is 9.80 Å². The Kier molecular flexibility index (Phi) is 4.43. The first kappa shape index (κ1) is 14.3. The Hall–Kier alpha value is -1.12. The normalized spacial score (nSPS) is 19.4. The predicted octanol–water partition coefficient (Wildman–Crippen LogP) is 2.99. The van der Waals surface area contributed by atoms with Gasteiger partial charge in [-0.1, -0.05) is 0 Å². The van der Waals surface area contributed by atoms with Crippen LogP contribution in [0.4, 0.5) is 10.1 Å². The van der Waals surface area contributed by atoms with Crippen molar-refractivity contribution in [2.24, 2.45) is 0 Å². The summed E-state index contributed by atoms with van der Waals surface area (Å²) in [4.78, 5) is 4.24. The standard InChI is InChI=1S/C14H17BrFN3/c1-18-7-3-4-11(18)9-19(2)12-6-5-10(8-17)13(15)14(12)16/h5-6,11H,3-4,7,9H2,1-2H3. The Morgan fingerprint density at radius 2 is 2.32 bits per heavy atom. The van der Waals surface area contributed by atoms with Crippen molar-refractivity contribution in [3.8, 4) is 6.07 Å². The van der Waals surface area contributed by atoms with Crippen LogP contribution in [0, 0.1) is 17.1 Å². The first-order chi connectivity index (χ1) is 9.04. The van der Waals surface area contributed by atoms with Crippen LogP contribution in [0.3, 0.4) is 0 Å². The van der Waals surface area contributed by atoms with Gasteiger partial charge in [0.2, 0.25) is 0 Å². The van der Waals surface area contributed by atoms with Crippen LogP contribution in [-0.2, 0) is 0 Å². The number of likely N-dealkylation sites (tertiary alicyclic amines) is 1. The molecule has 5 heteroatoms. The van der Waals surface area contributed by atoms with Crippen LogP contribution >= 0.6 is 15.9 Å². The van der Waals surface area contributed by atoms with Crippen molar-refractivity contribution in [3.63, 3.8) is 0 Å². The molecule has 1 aliphatic rings. The number of anilines is 1. The molecule has 19 heavy (non-hydrogen) atoms. The minimum absolute atomic E-state index is 0.249. The summed E-state index contributed by atoms with van der Waals surface area (Å²) in [5.41, 5.74) is 0.860. The van der Waals surface area contributed by atoms with E-state index in [1.807, 2.05) is 18.0 Å². The summed E-state index contributed by atoms with van der Waals surface area (Å²) in [5.74, 6) is -0.359. The van der Waals surface area contributed by atoms with E-state index in [0.29, 0.717) is 17.3 Å². The average molecular weight is 326 g/mol. The number of likely N-dealkylation sites (N-methyl/N-ethyl adjacent to an activating group) is 2. The second kappa shape index (κ2) is 5.89. The molecule has 1 unspecified atom stereocenters. The van der Waals surface area contributed by atoms with Gasteiger partial charge in [-0.2, -0.15) is 5.26 Å². The average Bonchev–Trinajstić information content (AvgIpc) is 2.78. The molecule has 1 aliphatic heterocycles. The van der Waals surface area contributed by atoms with Crippen LogP contribution < -0.4 is 4.90 Å². The zero-order valence-electron chi connectivity index (χ0n) is 11.2. The molecule has 0 bridgehead atoms. The van der Waals surface area contributed by atoms with E-state index in [9.17, 15) is 4.39 Å². The summed E-state index contributed by atoms with van der Waals surface area (Å²) in [6.45, 7) is 1.91. The van der Waals surface area contributed by atoms with Crippen LogP contribution in [0.1, 0.15) is 18.4 Å². The maximum Gasteiger partial charge on any atom is 0.161 e. The third-order valence-corrected chi connectivity index (χ3v) is 4.53. The third-order valence-electron chi connectivity index (χ3n) is 3.75. The van der Waals surface area contributed by atoms with Crippen LogP contribution in [-0.4, -0.2) is 38.1 Å². The number of nitrogens with zero attached hydrogens (tertiary/aromatic N) is 3. The largest absolute Gasteiger partial charge is 0.371 e. The Balaban J connectivity index is 2.18. The van der Waals surface area contributed by atoms with Gasteiger partial charge >= 0.3 is 0 Å². The molecule has 0 spiro atoms. The van der Waals surface area contributed by atoms with E-state index < -0.39 is 0 Å². The molecule has 1 aromatic rings. The number of hydrogen-bond donors (Lipinski definition) is 0. The number of rotatable bonds is 3. The van der Waals surface area contributed by atoms with Crippen LogP contribution in [0.2, 0.25) is 0 Å². The highest BCUT2D eigenvalue weighted by Crippen LogP contribution is 2.29. The third kappa shape index (κ3) is 2.90. The second-order valence-corrected chi connectivity index (χ2v) is 5.82. The molecule has 0 N–H and O–H groups in total. The fourth-order valence-electron chi connectivity index (χ4n) is 2.54. The van der Waals surface area contributed by atoms with Crippen molar-refractivity contribution in [1.29, 1.82) is 5.26 Å². The zero-order chi connectivity index (χ0) is 14.0. The molecule has 0 amide bonds. The molecule has 3 nitrogen and oxygen atoms in total. The smallest absolute Gasteiger partial charge is 0.161 e. The molecule has 2 rings (SSSR count). The van der Waals surface area contributed by atoms with Gasteiger partial charge in [-0.15, -0.1) is 0 Å². The molecule has 0 radical (unpaired) electrons. The van der Waals surface area contributed by atoms with Gasteiger partial charge in [0.1, 0.15) is 6.07 Å². The SMILES string of the molecule is CN(CC1CCCN1C)c1ccc(C#N)c(Br)c1F. The predicted molar refractivity (Wildman–Crippen MR) is 77.7 cm³/mol. The molecule has 1 heterocycles. The maximum absolute atomic E-state index is 14.2. The Labute approximate surface area is 121 Å². The minimum atomic E-state index is -0.359. The van der Waals surface area contributed by atoms with E-state index >= 15 is 0 Å². The lowest BCUT2D eigenvalue weighted by Gasteiger charge is -2.27. The first-order valence-corrected chi connectivity index (χ1v) is 7.13. The van der Waals surface area contributed by atoms with Crippen molar-refractivity contribution in [2.75, 3.05) is 32.1 Å². The van der Waals surface area contributed by atoms with E-state index in [0.717, 1.165) is 19.5 Å².